The van der Waals surface area contributed by atoms with Crippen LogP contribution in [-0.2, 0) is 0 Å². The summed E-state index contributed by atoms with van der Waals surface area (Å²) in [7, 11) is 0. The lowest BCUT2D eigenvalue weighted by Gasteiger charge is -2.11. The van der Waals surface area contributed by atoms with Crippen molar-refractivity contribution in [2.45, 2.75) is 19.8 Å². The maximum atomic E-state index is 12.7. The van der Waals surface area contributed by atoms with E-state index in [1.54, 1.807) is 12.1 Å². The Morgan fingerprint density at radius 1 is 1.17 bits per heavy atom. The molecule has 1 aromatic carbocycles. The van der Waals surface area contributed by atoms with Gasteiger partial charge in [0, 0.05) is 17.3 Å². The van der Waals surface area contributed by atoms with E-state index in [4.69, 9.17) is 11.6 Å². The predicted molar refractivity (Wildman–Crippen MR) is 93.0 cm³/mol. The number of hydrogen-bond acceptors (Lipinski definition) is 3. The number of aromatic nitrogens is 2. The Morgan fingerprint density at radius 2 is 1.96 bits per heavy atom. The topological polar surface area (TPSA) is 54.9 Å². The van der Waals surface area contributed by atoms with Crippen molar-refractivity contribution < 1.29 is 4.79 Å². The molecular formula is C18H16ClN3O. The second-order valence-corrected chi connectivity index (χ2v) is 6.02. The Hall–Kier alpha value is -2.46. The number of halogens is 1. The van der Waals surface area contributed by atoms with Gasteiger partial charge in [-0.05, 0) is 30.2 Å². The van der Waals surface area contributed by atoms with Gasteiger partial charge in [-0.3, -0.25) is 9.78 Å². The SMILES string of the molecule is CC(C)c1cc(C(=O)Nc2ccc(Cl)cn2)c2ccccc2n1. The molecule has 0 aliphatic carbocycles. The van der Waals surface area contributed by atoms with Gasteiger partial charge < -0.3 is 5.32 Å². The molecule has 2 heterocycles. The number of carbonyl (C=O) groups excluding carboxylic acids is 1. The zero-order chi connectivity index (χ0) is 16.4. The molecule has 0 saturated carbocycles. The number of fused-ring (bicyclic) bond motifs is 1. The van der Waals surface area contributed by atoms with E-state index in [0.29, 0.717) is 16.4 Å². The number of para-hydroxylation sites is 1. The molecule has 5 heteroatoms. The average Bonchev–Trinajstić information content (AvgIpc) is 2.55. The van der Waals surface area contributed by atoms with Gasteiger partial charge in [0.05, 0.1) is 16.1 Å². The number of benzene rings is 1. The summed E-state index contributed by atoms with van der Waals surface area (Å²) in [6.45, 7) is 4.11. The summed E-state index contributed by atoms with van der Waals surface area (Å²) >= 11 is 5.82. The van der Waals surface area contributed by atoms with E-state index in [0.717, 1.165) is 16.6 Å². The van der Waals surface area contributed by atoms with Crippen LogP contribution in [0.3, 0.4) is 0 Å². The zero-order valence-electron chi connectivity index (χ0n) is 12.9. The van der Waals surface area contributed by atoms with Gasteiger partial charge in [0.25, 0.3) is 5.91 Å². The van der Waals surface area contributed by atoms with Crippen LogP contribution in [0.5, 0.6) is 0 Å². The van der Waals surface area contributed by atoms with Crippen LogP contribution in [0.4, 0.5) is 5.82 Å². The molecule has 0 atom stereocenters. The summed E-state index contributed by atoms with van der Waals surface area (Å²) in [5.41, 5.74) is 2.29. The standard InChI is InChI=1S/C18H16ClN3O/c1-11(2)16-9-14(13-5-3-4-6-15(13)21-16)18(23)22-17-8-7-12(19)10-20-17/h3-11H,1-2H3,(H,20,22,23). The lowest BCUT2D eigenvalue weighted by Crippen LogP contribution is -2.14. The molecule has 116 valence electrons. The first-order valence-corrected chi connectivity index (χ1v) is 7.75. The van der Waals surface area contributed by atoms with Crippen molar-refractivity contribution in [3.63, 3.8) is 0 Å². The van der Waals surface area contributed by atoms with Crippen LogP contribution < -0.4 is 5.32 Å². The highest BCUT2D eigenvalue weighted by molar-refractivity contribution is 6.30. The summed E-state index contributed by atoms with van der Waals surface area (Å²) in [5.74, 6) is 0.492. The molecule has 1 N–H and O–H groups in total. The van der Waals surface area contributed by atoms with Crippen LogP contribution in [-0.4, -0.2) is 15.9 Å². The average molecular weight is 326 g/mol. The minimum atomic E-state index is -0.208. The maximum absolute atomic E-state index is 12.7. The number of nitrogens with one attached hydrogen (secondary N) is 1. The van der Waals surface area contributed by atoms with Gasteiger partial charge in [-0.25, -0.2) is 4.98 Å². The fourth-order valence-corrected chi connectivity index (χ4v) is 2.42. The minimum absolute atomic E-state index is 0.208. The van der Waals surface area contributed by atoms with E-state index in [-0.39, 0.29) is 11.8 Å². The Balaban J connectivity index is 2.03. The van der Waals surface area contributed by atoms with Crippen LogP contribution in [0.2, 0.25) is 5.02 Å². The smallest absolute Gasteiger partial charge is 0.257 e. The van der Waals surface area contributed by atoms with Gasteiger partial charge in [0.2, 0.25) is 0 Å². The van der Waals surface area contributed by atoms with E-state index in [1.165, 1.54) is 6.20 Å². The minimum Gasteiger partial charge on any atom is -0.307 e. The summed E-state index contributed by atoms with van der Waals surface area (Å²) in [6.07, 6.45) is 1.50. The molecule has 0 fully saturated rings. The van der Waals surface area contributed by atoms with Crippen molar-refractivity contribution in [1.82, 2.24) is 9.97 Å². The third kappa shape index (κ3) is 3.32. The van der Waals surface area contributed by atoms with Crippen molar-refractivity contribution in [2.24, 2.45) is 0 Å². The number of carbonyl (C=O) groups is 1. The first-order valence-electron chi connectivity index (χ1n) is 7.37. The van der Waals surface area contributed by atoms with Crippen molar-refractivity contribution in [3.8, 4) is 0 Å². The van der Waals surface area contributed by atoms with E-state index < -0.39 is 0 Å². The molecular weight excluding hydrogens is 310 g/mol. The van der Waals surface area contributed by atoms with Crippen LogP contribution in [0, 0.1) is 0 Å². The van der Waals surface area contributed by atoms with Gasteiger partial charge in [0.15, 0.2) is 0 Å². The predicted octanol–water partition coefficient (Wildman–Crippen LogP) is 4.66. The molecule has 0 bridgehead atoms. The molecule has 0 saturated heterocycles. The van der Waals surface area contributed by atoms with Crippen LogP contribution >= 0.6 is 11.6 Å². The van der Waals surface area contributed by atoms with Crippen molar-refractivity contribution in [2.75, 3.05) is 5.32 Å². The van der Waals surface area contributed by atoms with Crippen LogP contribution in [0.25, 0.3) is 10.9 Å². The Morgan fingerprint density at radius 3 is 2.65 bits per heavy atom. The van der Waals surface area contributed by atoms with Crippen LogP contribution in [0.1, 0.15) is 35.8 Å². The molecule has 0 radical (unpaired) electrons. The normalized spacial score (nSPS) is 11.0. The van der Waals surface area contributed by atoms with Gasteiger partial charge in [0.1, 0.15) is 5.82 Å². The van der Waals surface area contributed by atoms with Crippen LogP contribution in [0.15, 0.2) is 48.7 Å². The molecule has 4 nitrogen and oxygen atoms in total. The number of nitrogens with zero attached hydrogens (tertiary/aromatic N) is 2. The maximum Gasteiger partial charge on any atom is 0.257 e. The highest BCUT2D eigenvalue weighted by Crippen LogP contribution is 2.23. The Kier molecular flexibility index (Phi) is 4.26. The summed E-state index contributed by atoms with van der Waals surface area (Å²) < 4.78 is 0. The largest absolute Gasteiger partial charge is 0.307 e. The Labute approximate surface area is 139 Å². The van der Waals surface area contributed by atoms with E-state index in [9.17, 15) is 4.79 Å². The molecule has 0 spiro atoms. The van der Waals surface area contributed by atoms with E-state index in [2.05, 4.69) is 29.1 Å². The fourth-order valence-electron chi connectivity index (χ4n) is 2.31. The molecule has 2 aromatic heterocycles. The third-order valence-electron chi connectivity index (χ3n) is 3.54. The van der Waals surface area contributed by atoms with Gasteiger partial charge in [-0.2, -0.15) is 0 Å². The molecule has 0 unspecified atom stereocenters. The van der Waals surface area contributed by atoms with Gasteiger partial charge in [-0.1, -0.05) is 43.6 Å². The summed E-state index contributed by atoms with van der Waals surface area (Å²) in [5, 5.41) is 4.16. The first-order chi connectivity index (χ1) is 11.0. The monoisotopic (exact) mass is 325 g/mol. The second-order valence-electron chi connectivity index (χ2n) is 5.58. The lowest BCUT2D eigenvalue weighted by molar-refractivity contribution is 0.102. The van der Waals surface area contributed by atoms with E-state index in [1.807, 2.05) is 30.3 Å². The van der Waals surface area contributed by atoms with Crippen molar-refractivity contribution in [3.05, 3.63) is 64.9 Å². The summed E-state index contributed by atoms with van der Waals surface area (Å²) in [6, 6.07) is 12.8. The molecule has 3 rings (SSSR count). The molecule has 3 aromatic rings. The highest BCUT2D eigenvalue weighted by Gasteiger charge is 2.15. The zero-order valence-corrected chi connectivity index (χ0v) is 13.6. The number of rotatable bonds is 3. The fraction of sp³-hybridized carbons (Fsp3) is 0.167. The molecule has 1 amide bonds. The van der Waals surface area contributed by atoms with Crippen molar-refractivity contribution >= 4 is 34.2 Å². The molecule has 23 heavy (non-hydrogen) atoms. The van der Waals surface area contributed by atoms with Gasteiger partial charge >= 0.3 is 0 Å². The number of amides is 1. The van der Waals surface area contributed by atoms with Gasteiger partial charge in [-0.15, -0.1) is 0 Å². The number of anilines is 1. The highest BCUT2D eigenvalue weighted by atomic mass is 35.5. The number of hydrogen-bond donors (Lipinski definition) is 1. The first kappa shape index (κ1) is 15.4. The molecule has 0 aliphatic heterocycles. The Bertz CT molecular complexity index is 860. The lowest BCUT2D eigenvalue weighted by atomic mass is 10.0. The van der Waals surface area contributed by atoms with E-state index >= 15 is 0 Å². The second kappa shape index (κ2) is 6.34. The molecule has 0 aliphatic rings. The summed E-state index contributed by atoms with van der Waals surface area (Å²) in [4.78, 5) is 21.4. The van der Waals surface area contributed by atoms with Crippen molar-refractivity contribution in [1.29, 1.82) is 0 Å². The quantitative estimate of drug-likeness (QED) is 0.762. The number of pyridine rings is 2. The third-order valence-corrected chi connectivity index (χ3v) is 3.76.